The number of rotatable bonds is 9. The fraction of sp³-hybridized carbons (Fsp3) is 0.0741. The zero-order valence-electron chi connectivity index (χ0n) is 18.3. The molecule has 1 amide bonds. The average molecular weight is 450 g/mol. The Morgan fingerprint density at radius 3 is 2.62 bits per heavy atom. The Bertz CT molecular complexity index is 1330. The lowest BCUT2D eigenvalue weighted by atomic mass is 10.1. The SMILES string of the molecule is C=CCOc1ccc(-c2nn(-c3ccccc3)cc2C=C(C#N)C(=O)NCc2ccco2)cc1. The molecule has 2 aromatic heterocycles. The van der Waals surface area contributed by atoms with E-state index in [-0.39, 0.29) is 12.1 Å². The minimum Gasteiger partial charge on any atom is -0.490 e. The quantitative estimate of drug-likeness (QED) is 0.222. The topological polar surface area (TPSA) is 93.1 Å². The van der Waals surface area contributed by atoms with E-state index in [2.05, 4.69) is 11.9 Å². The van der Waals surface area contributed by atoms with Gasteiger partial charge in [-0.1, -0.05) is 30.9 Å². The summed E-state index contributed by atoms with van der Waals surface area (Å²) in [5, 5.41) is 17.1. The molecule has 0 atom stereocenters. The molecule has 0 aliphatic heterocycles. The number of furan rings is 1. The first-order chi connectivity index (χ1) is 16.7. The van der Waals surface area contributed by atoms with Gasteiger partial charge in [0.25, 0.3) is 5.91 Å². The van der Waals surface area contributed by atoms with Crippen LogP contribution in [0.1, 0.15) is 11.3 Å². The van der Waals surface area contributed by atoms with Crippen LogP contribution in [0.2, 0.25) is 0 Å². The molecule has 7 nitrogen and oxygen atoms in total. The molecule has 0 unspecified atom stereocenters. The molecule has 0 saturated heterocycles. The number of hydrogen-bond donors (Lipinski definition) is 1. The number of para-hydroxylation sites is 1. The molecule has 1 N–H and O–H groups in total. The Hall–Kier alpha value is -4.83. The van der Waals surface area contributed by atoms with Crippen molar-refractivity contribution >= 4 is 12.0 Å². The van der Waals surface area contributed by atoms with Crippen molar-refractivity contribution in [2.75, 3.05) is 6.61 Å². The highest BCUT2D eigenvalue weighted by Crippen LogP contribution is 2.27. The maximum Gasteiger partial charge on any atom is 0.262 e. The Balaban J connectivity index is 1.68. The van der Waals surface area contributed by atoms with Gasteiger partial charge in [0.1, 0.15) is 29.8 Å². The zero-order valence-corrected chi connectivity index (χ0v) is 18.3. The molecule has 0 aliphatic rings. The summed E-state index contributed by atoms with van der Waals surface area (Å²) in [6.07, 6.45) is 6.55. The Morgan fingerprint density at radius 2 is 1.94 bits per heavy atom. The molecule has 0 radical (unpaired) electrons. The molecule has 2 heterocycles. The smallest absolute Gasteiger partial charge is 0.262 e. The highest BCUT2D eigenvalue weighted by atomic mass is 16.5. The Labute approximate surface area is 197 Å². The van der Waals surface area contributed by atoms with Crippen molar-refractivity contribution in [3.8, 4) is 28.8 Å². The molecule has 4 aromatic rings. The van der Waals surface area contributed by atoms with Gasteiger partial charge in [-0.3, -0.25) is 4.79 Å². The van der Waals surface area contributed by atoms with Gasteiger partial charge in [-0.2, -0.15) is 10.4 Å². The second-order valence-corrected chi connectivity index (χ2v) is 7.27. The Morgan fingerprint density at radius 1 is 1.15 bits per heavy atom. The van der Waals surface area contributed by atoms with Crippen LogP contribution in [-0.4, -0.2) is 22.3 Å². The molecule has 0 spiro atoms. The molecular formula is C27H22N4O3. The van der Waals surface area contributed by atoms with Crippen molar-refractivity contribution in [3.05, 3.63) is 109 Å². The summed E-state index contributed by atoms with van der Waals surface area (Å²) in [7, 11) is 0. The van der Waals surface area contributed by atoms with Gasteiger partial charge in [0.05, 0.1) is 24.2 Å². The van der Waals surface area contributed by atoms with E-state index >= 15 is 0 Å². The van der Waals surface area contributed by atoms with Crippen molar-refractivity contribution in [3.63, 3.8) is 0 Å². The number of nitrogens with zero attached hydrogens (tertiary/aromatic N) is 3. The lowest BCUT2D eigenvalue weighted by molar-refractivity contribution is -0.117. The average Bonchev–Trinajstić information content (AvgIpc) is 3.56. The van der Waals surface area contributed by atoms with Crippen molar-refractivity contribution in [1.82, 2.24) is 15.1 Å². The third kappa shape index (κ3) is 5.31. The maximum absolute atomic E-state index is 12.6. The van der Waals surface area contributed by atoms with Gasteiger partial charge in [-0.05, 0) is 54.6 Å². The van der Waals surface area contributed by atoms with Crippen molar-refractivity contribution < 1.29 is 13.9 Å². The van der Waals surface area contributed by atoms with Gasteiger partial charge >= 0.3 is 0 Å². The van der Waals surface area contributed by atoms with Crippen LogP contribution < -0.4 is 10.1 Å². The van der Waals surface area contributed by atoms with Gasteiger partial charge in [0.15, 0.2) is 0 Å². The molecule has 168 valence electrons. The number of nitriles is 1. The van der Waals surface area contributed by atoms with Gasteiger partial charge in [0.2, 0.25) is 0 Å². The summed E-state index contributed by atoms with van der Waals surface area (Å²) < 4.78 is 12.5. The zero-order chi connectivity index (χ0) is 23.8. The first-order valence-electron chi connectivity index (χ1n) is 10.6. The van der Waals surface area contributed by atoms with Crippen LogP contribution in [0, 0.1) is 11.3 Å². The first-order valence-corrected chi connectivity index (χ1v) is 10.6. The minimum atomic E-state index is -0.495. The summed E-state index contributed by atoms with van der Waals surface area (Å²) in [6.45, 7) is 4.25. The number of carbonyl (C=O) groups excluding carboxylic acids is 1. The van der Waals surface area contributed by atoms with E-state index in [0.717, 1.165) is 11.3 Å². The summed E-state index contributed by atoms with van der Waals surface area (Å²) >= 11 is 0. The van der Waals surface area contributed by atoms with Crippen LogP contribution in [-0.2, 0) is 11.3 Å². The molecule has 2 aromatic carbocycles. The third-order valence-corrected chi connectivity index (χ3v) is 4.93. The standard InChI is InChI=1S/C27H22N4O3/c1-2-14-33-24-12-10-20(11-13-24)26-22(19-31(30-26)23-7-4-3-5-8-23)16-21(17-28)27(32)29-18-25-9-6-15-34-25/h2-13,15-16,19H,1,14,18H2,(H,29,32). The van der Waals surface area contributed by atoms with Gasteiger partial charge in [-0.15, -0.1) is 0 Å². The first kappa shape index (κ1) is 22.4. The van der Waals surface area contributed by atoms with Crippen LogP contribution in [0.25, 0.3) is 23.0 Å². The van der Waals surface area contributed by atoms with Crippen LogP contribution in [0.5, 0.6) is 5.75 Å². The number of nitrogens with one attached hydrogen (secondary N) is 1. The van der Waals surface area contributed by atoms with E-state index in [1.54, 1.807) is 35.2 Å². The van der Waals surface area contributed by atoms with Gasteiger partial charge in [0, 0.05) is 17.3 Å². The van der Waals surface area contributed by atoms with E-state index in [0.29, 0.717) is 29.4 Å². The normalized spacial score (nSPS) is 11.0. The summed E-state index contributed by atoms with van der Waals surface area (Å²) in [4.78, 5) is 12.6. The lowest BCUT2D eigenvalue weighted by Gasteiger charge is -2.05. The second kappa shape index (κ2) is 10.7. The second-order valence-electron chi connectivity index (χ2n) is 7.27. The van der Waals surface area contributed by atoms with Crippen molar-refractivity contribution in [2.24, 2.45) is 0 Å². The van der Waals surface area contributed by atoms with Crippen LogP contribution in [0.3, 0.4) is 0 Å². The number of ether oxygens (including phenoxy) is 1. The van der Waals surface area contributed by atoms with E-state index in [9.17, 15) is 10.1 Å². The van der Waals surface area contributed by atoms with Crippen LogP contribution in [0.4, 0.5) is 0 Å². The molecule has 0 aliphatic carbocycles. The third-order valence-electron chi connectivity index (χ3n) is 4.93. The molecule has 4 rings (SSSR count). The van der Waals surface area contributed by atoms with Crippen LogP contribution >= 0.6 is 0 Å². The molecular weight excluding hydrogens is 428 g/mol. The minimum absolute atomic E-state index is 0.0358. The van der Waals surface area contributed by atoms with Crippen molar-refractivity contribution in [1.29, 1.82) is 5.26 Å². The summed E-state index contributed by atoms with van der Waals surface area (Å²) in [5.41, 5.74) is 2.90. The van der Waals surface area contributed by atoms with E-state index in [1.807, 2.05) is 60.7 Å². The van der Waals surface area contributed by atoms with E-state index in [4.69, 9.17) is 14.3 Å². The number of carbonyl (C=O) groups is 1. The molecule has 0 fully saturated rings. The summed E-state index contributed by atoms with van der Waals surface area (Å²) in [6, 6.07) is 22.6. The number of benzene rings is 2. The molecule has 7 heteroatoms. The van der Waals surface area contributed by atoms with Gasteiger partial charge < -0.3 is 14.5 Å². The highest BCUT2D eigenvalue weighted by Gasteiger charge is 2.15. The van der Waals surface area contributed by atoms with E-state index < -0.39 is 5.91 Å². The predicted molar refractivity (Wildman–Crippen MR) is 129 cm³/mol. The lowest BCUT2D eigenvalue weighted by Crippen LogP contribution is -2.23. The maximum atomic E-state index is 12.6. The monoisotopic (exact) mass is 450 g/mol. The number of hydrogen-bond acceptors (Lipinski definition) is 5. The largest absolute Gasteiger partial charge is 0.490 e. The van der Waals surface area contributed by atoms with Crippen molar-refractivity contribution in [2.45, 2.75) is 6.54 Å². The molecule has 0 saturated carbocycles. The van der Waals surface area contributed by atoms with Gasteiger partial charge in [-0.25, -0.2) is 4.68 Å². The fourth-order valence-corrected chi connectivity index (χ4v) is 3.27. The predicted octanol–water partition coefficient (Wildman–Crippen LogP) is 4.92. The molecule has 0 bridgehead atoms. The Kier molecular flexibility index (Phi) is 7.01. The molecule has 34 heavy (non-hydrogen) atoms. The van der Waals surface area contributed by atoms with E-state index in [1.165, 1.54) is 6.26 Å². The highest BCUT2D eigenvalue weighted by molar-refractivity contribution is 6.02. The number of amides is 1. The fourth-order valence-electron chi connectivity index (χ4n) is 3.27. The van der Waals surface area contributed by atoms with Crippen LogP contribution in [0.15, 0.2) is 102 Å². The number of aromatic nitrogens is 2. The summed E-state index contributed by atoms with van der Waals surface area (Å²) in [5.74, 6) is 0.811.